The molecule has 1 aromatic rings. The number of non-ortho nitro benzene ring substituents is 1. The molecule has 28 heavy (non-hydrogen) atoms. The lowest BCUT2D eigenvalue weighted by Gasteiger charge is -2.33. The van der Waals surface area contributed by atoms with Crippen molar-refractivity contribution in [2.45, 2.75) is 39.2 Å². The maximum Gasteiger partial charge on any atom is 0.410 e. The number of benzene rings is 1. The van der Waals surface area contributed by atoms with E-state index in [9.17, 15) is 14.9 Å². The van der Waals surface area contributed by atoms with Gasteiger partial charge in [0.2, 0.25) is 0 Å². The van der Waals surface area contributed by atoms with Gasteiger partial charge in [0.25, 0.3) is 5.69 Å². The summed E-state index contributed by atoms with van der Waals surface area (Å²) in [5.41, 5.74) is -0.546. The average Bonchev–Trinajstić information content (AvgIpc) is 2.66. The monoisotopic (exact) mass is 399 g/mol. The first-order chi connectivity index (χ1) is 13.2. The summed E-state index contributed by atoms with van der Waals surface area (Å²) in [6.45, 7) is 7.16. The van der Waals surface area contributed by atoms with Crippen molar-refractivity contribution in [3.8, 4) is 11.5 Å². The highest BCUT2D eigenvalue weighted by atomic mass is 16.6. The summed E-state index contributed by atoms with van der Waals surface area (Å²) in [5.74, 6) is 4.58. The number of hydrogen-bond donors (Lipinski definition) is 2. The van der Waals surface area contributed by atoms with E-state index in [1.807, 2.05) is 20.8 Å². The van der Waals surface area contributed by atoms with E-state index < -0.39 is 10.5 Å². The Bertz CT molecular complexity index is 653. The Morgan fingerprint density at radius 2 is 1.89 bits per heavy atom. The minimum Gasteiger partial charge on any atom is -0.493 e. The third-order valence-electron chi connectivity index (χ3n) is 4.10. The lowest BCUT2D eigenvalue weighted by atomic mass is 9.98. The van der Waals surface area contributed by atoms with E-state index in [1.165, 1.54) is 25.3 Å². The SMILES string of the molecule is COc1ccc([N+](=O)[O-])cc1OCC1CCN(C(=O)OC(C)(C)C)CC1.NO. The van der Waals surface area contributed by atoms with E-state index >= 15 is 0 Å². The largest absolute Gasteiger partial charge is 0.493 e. The molecular formula is C18H29N3O7. The summed E-state index contributed by atoms with van der Waals surface area (Å²) in [6.07, 6.45) is 1.28. The lowest BCUT2D eigenvalue weighted by Crippen LogP contribution is -2.42. The van der Waals surface area contributed by atoms with Gasteiger partial charge in [-0.2, -0.15) is 0 Å². The first kappa shape index (κ1) is 23.4. The minimum absolute atomic E-state index is 0.0412. The van der Waals surface area contributed by atoms with Crippen molar-refractivity contribution in [3.63, 3.8) is 0 Å². The second-order valence-electron chi connectivity index (χ2n) is 7.31. The molecule has 0 aromatic heterocycles. The standard InChI is InChI=1S/C18H26N2O6.H3NO/c1-18(2,3)26-17(21)19-9-7-13(8-10-19)12-25-16-11-14(20(22)23)5-6-15(16)24-4;1-2/h5-6,11,13H,7-10,12H2,1-4H3;2H,1H2. The fourth-order valence-electron chi connectivity index (χ4n) is 2.71. The topological polar surface area (TPSA) is 137 Å². The number of methoxy groups -OCH3 is 1. The third kappa shape index (κ3) is 7.20. The Morgan fingerprint density at radius 1 is 1.29 bits per heavy atom. The van der Waals surface area contributed by atoms with Crippen LogP contribution >= 0.6 is 0 Å². The van der Waals surface area contributed by atoms with Crippen LogP contribution in [0.15, 0.2) is 18.2 Å². The maximum absolute atomic E-state index is 12.1. The molecule has 1 aliphatic heterocycles. The Balaban J connectivity index is 0.00000190. The van der Waals surface area contributed by atoms with Crippen molar-refractivity contribution < 1.29 is 29.1 Å². The van der Waals surface area contributed by atoms with Gasteiger partial charge in [0.15, 0.2) is 11.5 Å². The first-order valence-electron chi connectivity index (χ1n) is 8.88. The second kappa shape index (κ2) is 10.7. The number of carbonyl (C=O) groups is 1. The summed E-state index contributed by atoms with van der Waals surface area (Å²) in [4.78, 5) is 24.2. The molecule has 0 aliphatic carbocycles. The maximum atomic E-state index is 12.1. The van der Waals surface area contributed by atoms with Crippen LogP contribution in [0.4, 0.5) is 10.5 Å². The normalized spacial score (nSPS) is 14.6. The van der Waals surface area contributed by atoms with E-state index in [0.29, 0.717) is 31.2 Å². The van der Waals surface area contributed by atoms with Gasteiger partial charge in [-0.1, -0.05) is 0 Å². The van der Waals surface area contributed by atoms with Crippen LogP contribution in [-0.2, 0) is 4.74 Å². The number of likely N-dealkylation sites (tertiary alicyclic amines) is 1. The summed E-state index contributed by atoms with van der Waals surface area (Å²) < 4.78 is 16.4. The zero-order valence-corrected chi connectivity index (χ0v) is 16.7. The molecule has 158 valence electrons. The molecule has 10 nitrogen and oxygen atoms in total. The van der Waals surface area contributed by atoms with Crippen LogP contribution in [0.25, 0.3) is 0 Å². The number of hydrogen-bond acceptors (Lipinski definition) is 8. The van der Waals surface area contributed by atoms with E-state index in [4.69, 9.17) is 19.4 Å². The highest BCUT2D eigenvalue weighted by Gasteiger charge is 2.27. The molecule has 0 radical (unpaired) electrons. The number of nitrogens with zero attached hydrogens (tertiary/aromatic N) is 2. The molecule has 0 spiro atoms. The predicted octanol–water partition coefficient (Wildman–Crippen LogP) is 2.96. The highest BCUT2D eigenvalue weighted by Crippen LogP contribution is 2.32. The number of ether oxygens (including phenoxy) is 3. The van der Waals surface area contributed by atoms with Crippen LogP contribution in [0.2, 0.25) is 0 Å². The van der Waals surface area contributed by atoms with Crippen molar-refractivity contribution in [2.24, 2.45) is 11.8 Å². The molecule has 0 saturated carbocycles. The van der Waals surface area contributed by atoms with Crippen LogP contribution in [0.1, 0.15) is 33.6 Å². The number of rotatable bonds is 5. The van der Waals surface area contributed by atoms with Crippen LogP contribution in [0, 0.1) is 16.0 Å². The molecule has 0 unspecified atom stereocenters. The quantitative estimate of drug-likeness (QED) is 0.569. The van der Waals surface area contributed by atoms with Gasteiger partial charge in [0.1, 0.15) is 5.60 Å². The van der Waals surface area contributed by atoms with Gasteiger partial charge in [0, 0.05) is 19.2 Å². The molecule has 1 fully saturated rings. The lowest BCUT2D eigenvalue weighted by molar-refractivity contribution is -0.385. The molecule has 10 heteroatoms. The fraction of sp³-hybridized carbons (Fsp3) is 0.611. The summed E-state index contributed by atoms with van der Waals surface area (Å²) in [5, 5.41) is 17.4. The Kier molecular flexibility index (Phi) is 8.93. The third-order valence-corrected chi connectivity index (χ3v) is 4.10. The zero-order chi connectivity index (χ0) is 21.3. The first-order valence-corrected chi connectivity index (χ1v) is 8.88. The molecule has 1 amide bonds. The summed E-state index contributed by atoms with van der Waals surface area (Å²) in [7, 11) is 1.49. The molecule has 1 aromatic carbocycles. The van der Waals surface area contributed by atoms with Gasteiger partial charge < -0.3 is 24.3 Å². The predicted molar refractivity (Wildman–Crippen MR) is 102 cm³/mol. The van der Waals surface area contributed by atoms with E-state index in [-0.39, 0.29) is 17.7 Å². The van der Waals surface area contributed by atoms with Gasteiger partial charge in [-0.05, 0) is 45.6 Å². The minimum atomic E-state index is -0.504. The number of nitro groups is 1. The van der Waals surface area contributed by atoms with E-state index in [2.05, 4.69) is 5.90 Å². The number of nitrogens with two attached hydrogens (primary N) is 1. The number of nitro benzene ring substituents is 1. The molecule has 0 bridgehead atoms. The smallest absolute Gasteiger partial charge is 0.410 e. The Hall–Kier alpha value is -2.59. The molecule has 1 aliphatic rings. The number of amides is 1. The fourth-order valence-corrected chi connectivity index (χ4v) is 2.71. The van der Waals surface area contributed by atoms with E-state index in [0.717, 1.165) is 12.8 Å². The Morgan fingerprint density at radius 3 is 2.39 bits per heavy atom. The average molecular weight is 399 g/mol. The van der Waals surface area contributed by atoms with Gasteiger partial charge in [-0.25, -0.2) is 10.7 Å². The number of piperidine rings is 1. The molecule has 1 heterocycles. The highest BCUT2D eigenvalue weighted by molar-refractivity contribution is 5.68. The van der Waals surface area contributed by atoms with Crippen molar-refractivity contribution in [3.05, 3.63) is 28.3 Å². The summed E-state index contributed by atoms with van der Waals surface area (Å²) >= 11 is 0. The second-order valence-corrected chi connectivity index (χ2v) is 7.31. The zero-order valence-electron chi connectivity index (χ0n) is 16.7. The van der Waals surface area contributed by atoms with Gasteiger partial charge in [0.05, 0.1) is 24.7 Å². The number of carbonyl (C=O) groups excluding carboxylic acids is 1. The molecule has 2 rings (SSSR count). The van der Waals surface area contributed by atoms with E-state index in [1.54, 1.807) is 4.90 Å². The van der Waals surface area contributed by atoms with Gasteiger partial charge in [-0.3, -0.25) is 10.1 Å². The van der Waals surface area contributed by atoms with Gasteiger partial charge >= 0.3 is 6.09 Å². The van der Waals surface area contributed by atoms with Crippen molar-refractivity contribution in [2.75, 3.05) is 26.8 Å². The van der Waals surface area contributed by atoms with Crippen molar-refractivity contribution >= 4 is 11.8 Å². The Labute approximate surface area is 164 Å². The van der Waals surface area contributed by atoms with Gasteiger partial charge in [-0.15, -0.1) is 0 Å². The van der Waals surface area contributed by atoms with Crippen molar-refractivity contribution in [1.29, 1.82) is 0 Å². The molecule has 1 saturated heterocycles. The molecule has 0 atom stereocenters. The van der Waals surface area contributed by atoms with Crippen LogP contribution in [-0.4, -0.2) is 53.5 Å². The van der Waals surface area contributed by atoms with Crippen molar-refractivity contribution in [1.82, 2.24) is 4.90 Å². The van der Waals surface area contributed by atoms with Crippen LogP contribution < -0.4 is 15.4 Å². The molecular weight excluding hydrogens is 370 g/mol. The van der Waals surface area contributed by atoms with Crippen LogP contribution in [0.3, 0.4) is 0 Å². The van der Waals surface area contributed by atoms with Crippen LogP contribution in [0.5, 0.6) is 11.5 Å². The summed E-state index contributed by atoms with van der Waals surface area (Å²) in [6, 6.07) is 4.28. The molecule has 3 N–H and O–H groups in total.